The molecule has 0 spiro atoms. The van der Waals surface area contributed by atoms with Gasteiger partial charge in [0, 0.05) is 20.1 Å². The molecule has 1 aromatic carbocycles. The largest absolute Gasteiger partial charge is 0.489 e. The first-order chi connectivity index (χ1) is 11.0. The lowest BCUT2D eigenvalue weighted by Crippen LogP contribution is -2.45. The summed E-state index contributed by atoms with van der Waals surface area (Å²) in [6, 6.07) is 5.56. The SMILES string of the molecule is CNC(=O)[C@@H]1CCCN(C[C@@H](O)COc2cc(C)ccc2Cl)C1. The van der Waals surface area contributed by atoms with Gasteiger partial charge in [-0.1, -0.05) is 17.7 Å². The number of aryl methyl sites for hydroxylation is 1. The van der Waals surface area contributed by atoms with Crippen LogP contribution in [0.25, 0.3) is 0 Å². The second-order valence-electron chi connectivity index (χ2n) is 6.11. The quantitative estimate of drug-likeness (QED) is 0.829. The van der Waals surface area contributed by atoms with Gasteiger partial charge in [0.05, 0.1) is 10.9 Å². The maximum Gasteiger partial charge on any atom is 0.224 e. The molecule has 2 atom stereocenters. The van der Waals surface area contributed by atoms with Gasteiger partial charge < -0.3 is 15.2 Å². The van der Waals surface area contributed by atoms with E-state index in [1.54, 1.807) is 13.1 Å². The van der Waals surface area contributed by atoms with E-state index in [0.717, 1.165) is 24.9 Å². The molecule has 1 heterocycles. The number of nitrogens with one attached hydrogen (secondary N) is 1. The number of hydrogen-bond donors (Lipinski definition) is 2. The number of carbonyl (C=O) groups excluding carboxylic acids is 1. The van der Waals surface area contributed by atoms with Crippen molar-refractivity contribution in [2.45, 2.75) is 25.9 Å². The molecule has 0 unspecified atom stereocenters. The lowest BCUT2D eigenvalue weighted by molar-refractivity contribution is -0.126. The fourth-order valence-electron chi connectivity index (χ4n) is 2.90. The van der Waals surface area contributed by atoms with Gasteiger partial charge in [0.15, 0.2) is 0 Å². The number of rotatable bonds is 6. The van der Waals surface area contributed by atoms with Crippen molar-refractivity contribution in [3.63, 3.8) is 0 Å². The van der Waals surface area contributed by atoms with E-state index < -0.39 is 6.10 Å². The highest BCUT2D eigenvalue weighted by atomic mass is 35.5. The number of halogens is 1. The molecule has 2 rings (SSSR count). The number of aliphatic hydroxyl groups is 1. The highest BCUT2D eigenvalue weighted by Gasteiger charge is 2.26. The molecule has 0 radical (unpaired) electrons. The second-order valence-corrected chi connectivity index (χ2v) is 6.52. The first kappa shape index (κ1) is 18.0. The van der Waals surface area contributed by atoms with Gasteiger partial charge in [-0.15, -0.1) is 0 Å². The molecule has 0 saturated carbocycles. The van der Waals surface area contributed by atoms with Gasteiger partial charge in [-0.05, 0) is 44.0 Å². The first-order valence-corrected chi connectivity index (χ1v) is 8.38. The highest BCUT2D eigenvalue weighted by molar-refractivity contribution is 6.32. The van der Waals surface area contributed by atoms with E-state index in [1.807, 2.05) is 19.1 Å². The minimum absolute atomic E-state index is 0.00749. The van der Waals surface area contributed by atoms with E-state index in [2.05, 4.69) is 10.2 Å². The zero-order valence-corrected chi connectivity index (χ0v) is 14.5. The molecule has 128 valence electrons. The summed E-state index contributed by atoms with van der Waals surface area (Å²) in [4.78, 5) is 13.9. The van der Waals surface area contributed by atoms with Gasteiger partial charge in [-0.2, -0.15) is 0 Å². The van der Waals surface area contributed by atoms with Crippen molar-refractivity contribution in [3.8, 4) is 5.75 Å². The highest BCUT2D eigenvalue weighted by Crippen LogP contribution is 2.25. The zero-order valence-electron chi connectivity index (χ0n) is 13.7. The molecule has 0 bridgehead atoms. The molecule has 6 heteroatoms. The van der Waals surface area contributed by atoms with Gasteiger partial charge in [-0.25, -0.2) is 0 Å². The van der Waals surface area contributed by atoms with Gasteiger partial charge in [0.25, 0.3) is 0 Å². The summed E-state index contributed by atoms with van der Waals surface area (Å²) in [5, 5.41) is 13.4. The van der Waals surface area contributed by atoms with E-state index >= 15 is 0 Å². The van der Waals surface area contributed by atoms with Crippen molar-refractivity contribution in [1.29, 1.82) is 0 Å². The second kappa shape index (κ2) is 8.52. The Morgan fingerprint density at radius 3 is 3.09 bits per heavy atom. The third-order valence-corrected chi connectivity index (χ3v) is 4.42. The number of nitrogens with zero attached hydrogens (tertiary/aromatic N) is 1. The van der Waals surface area contributed by atoms with E-state index in [4.69, 9.17) is 16.3 Å². The fraction of sp³-hybridized carbons (Fsp3) is 0.588. The maximum atomic E-state index is 11.7. The Morgan fingerprint density at radius 1 is 1.57 bits per heavy atom. The molecule has 1 saturated heterocycles. The standard InChI is InChI=1S/C17H25ClN2O3/c1-12-5-6-15(18)16(8-12)23-11-14(21)10-20-7-3-4-13(9-20)17(22)19-2/h5-6,8,13-14,21H,3-4,7,9-11H2,1-2H3,(H,19,22)/t13-,14-/m1/s1. The molecule has 1 amide bonds. The van der Waals surface area contributed by atoms with Gasteiger partial charge >= 0.3 is 0 Å². The van der Waals surface area contributed by atoms with Crippen molar-refractivity contribution < 1.29 is 14.6 Å². The first-order valence-electron chi connectivity index (χ1n) is 8.00. The van der Waals surface area contributed by atoms with E-state index in [-0.39, 0.29) is 18.4 Å². The van der Waals surface area contributed by atoms with Gasteiger partial charge in [0.1, 0.15) is 18.5 Å². The molecule has 0 aliphatic carbocycles. The third-order valence-electron chi connectivity index (χ3n) is 4.11. The van der Waals surface area contributed by atoms with Crippen LogP contribution in [-0.4, -0.2) is 55.3 Å². The Morgan fingerprint density at radius 2 is 2.35 bits per heavy atom. The predicted molar refractivity (Wildman–Crippen MR) is 90.9 cm³/mol. The van der Waals surface area contributed by atoms with E-state index in [1.165, 1.54) is 0 Å². The molecule has 0 aromatic heterocycles. The number of piperidine rings is 1. The summed E-state index contributed by atoms with van der Waals surface area (Å²) >= 11 is 6.08. The number of carbonyl (C=O) groups is 1. The summed E-state index contributed by atoms with van der Waals surface area (Å²) in [6.07, 6.45) is 1.26. The Kier molecular flexibility index (Phi) is 6.69. The average molecular weight is 341 g/mol. The molecular formula is C17H25ClN2O3. The lowest BCUT2D eigenvalue weighted by atomic mass is 9.97. The predicted octanol–water partition coefficient (Wildman–Crippen LogP) is 1.85. The van der Waals surface area contributed by atoms with Crippen LogP contribution < -0.4 is 10.1 Å². The molecule has 2 N–H and O–H groups in total. The van der Waals surface area contributed by atoms with Crippen LogP contribution in [0.4, 0.5) is 0 Å². The van der Waals surface area contributed by atoms with Crippen molar-refractivity contribution in [2.24, 2.45) is 5.92 Å². The summed E-state index contributed by atoms with van der Waals surface area (Å²) in [6.45, 7) is 4.23. The average Bonchev–Trinajstić information content (AvgIpc) is 2.55. The molecular weight excluding hydrogens is 316 g/mol. The number of β-amino-alcohol motifs (C(OH)–C–C–N with tert-alkyl or cyclic N) is 1. The molecule has 5 nitrogen and oxygen atoms in total. The molecule has 1 fully saturated rings. The van der Waals surface area contributed by atoms with Crippen LogP contribution in [0, 0.1) is 12.8 Å². The third kappa shape index (κ3) is 5.37. The number of benzene rings is 1. The number of hydrogen-bond acceptors (Lipinski definition) is 4. The van der Waals surface area contributed by atoms with Crippen molar-refractivity contribution >= 4 is 17.5 Å². The van der Waals surface area contributed by atoms with Crippen LogP contribution in [0.3, 0.4) is 0 Å². The van der Waals surface area contributed by atoms with Crippen LogP contribution >= 0.6 is 11.6 Å². The number of ether oxygens (including phenoxy) is 1. The topological polar surface area (TPSA) is 61.8 Å². The Labute approximate surface area is 142 Å². The molecule has 1 aliphatic rings. The van der Waals surface area contributed by atoms with Crippen LogP contribution in [0.1, 0.15) is 18.4 Å². The van der Waals surface area contributed by atoms with Crippen molar-refractivity contribution in [1.82, 2.24) is 10.2 Å². The Bertz CT molecular complexity index is 539. The van der Waals surface area contributed by atoms with Crippen LogP contribution in [0.2, 0.25) is 5.02 Å². The van der Waals surface area contributed by atoms with Crippen molar-refractivity contribution in [2.75, 3.05) is 33.3 Å². The minimum Gasteiger partial charge on any atom is -0.489 e. The summed E-state index contributed by atoms with van der Waals surface area (Å²) in [5.74, 6) is 0.674. The summed E-state index contributed by atoms with van der Waals surface area (Å²) in [7, 11) is 1.66. The molecule has 1 aliphatic heterocycles. The number of likely N-dealkylation sites (tertiary alicyclic amines) is 1. The van der Waals surface area contributed by atoms with Crippen LogP contribution in [0.15, 0.2) is 18.2 Å². The monoisotopic (exact) mass is 340 g/mol. The van der Waals surface area contributed by atoms with Gasteiger partial charge in [0.2, 0.25) is 5.91 Å². The number of amides is 1. The summed E-state index contributed by atoms with van der Waals surface area (Å²) < 4.78 is 5.63. The minimum atomic E-state index is -0.616. The normalized spacial score (nSPS) is 20.1. The van der Waals surface area contributed by atoms with E-state index in [0.29, 0.717) is 23.9 Å². The van der Waals surface area contributed by atoms with Crippen molar-refractivity contribution in [3.05, 3.63) is 28.8 Å². The fourth-order valence-corrected chi connectivity index (χ4v) is 3.07. The number of aliphatic hydroxyl groups excluding tert-OH is 1. The van der Waals surface area contributed by atoms with Gasteiger partial charge in [-0.3, -0.25) is 9.69 Å². The zero-order chi connectivity index (χ0) is 16.8. The maximum absolute atomic E-state index is 11.7. The smallest absolute Gasteiger partial charge is 0.224 e. The van der Waals surface area contributed by atoms with E-state index in [9.17, 15) is 9.90 Å². The van der Waals surface area contributed by atoms with Crippen LogP contribution in [0.5, 0.6) is 5.75 Å². The molecule has 23 heavy (non-hydrogen) atoms. The Hall–Kier alpha value is -1.30. The molecule has 1 aromatic rings. The van der Waals surface area contributed by atoms with Crippen LogP contribution in [-0.2, 0) is 4.79 Å². The Balaban J connectivity index is 1.81. The lowest BCUT2D eigenvalue weighted by Gasteiger charge is -2.32. The summed E-state index contributed by atoms with van der Waals surface area (Å²) in [5.41, 5.74) is 1.06.